The SMILES string of the molecule is CCCSc1nc([C@]2(CC(=O)O)CCCNC2)ccc1C(=O)NC1CCC(O)CC1. The molecule has 8 heteroatoms. The molecule has 30 heavy (non-hydrogen) atoms. The third-order valence-corrected chi connectivity index (χ3v) is 7.28. The number of hydrogen-bond donors (Lipinski definition) is 4. The van der Waals surface area contributed by atoms with Crippen molar-refractivity contribution in [2.24, 2.45) is 0 Å². The first-order valence-electron chi connectivity index (χ1n) is 11.0. The molecule has 0 radical (unpaired) electrons. The summed E-state index contributed by atoms with van der Waals surface area (Å²) in [5, 5.41) is 26.3. The van der Waals surface area contributed by atoms with E-state index in [-0.39, 0.29) is 24.5 Å². The molecule has 1 aliphatic carbocycles. The molecule has 0 aromatic carbocycles. The van der Waals surface area contributed by atoms with Crippen LogP contribution in [0.4, 0.5) is 0 Å². The van der Waals surface area contributed by atoms with Gasteiger partial charge in [-0.1, -0.05) is 6.92 Å². The summed E-state index contributed by atoms with van der Waals surface area (Å²) in [6.07, 6.45) is 5.39. The van der Waals surface area contributed by atoms with Gasteiger partial charge in [0.2, 0.25) is 0 Å². The number of aliphatic carboxylic acids is 1. The molecule has 1 aliphatic heterocycles. The predicted molar refractivity (Wildman–Crippen MR) is 117 cm³/mol. The van der Waals surface area contributed by atoms with E-state index in [1.807, 2.05) is 12.1 Å². The number of rotatable bonds is 8. The molecule has 0 bridgehead atoms. The van der Waals surface area contributed by atoms with Gasteiger partial charge in [-0.25, -0.2) is 4.98 Å². The largest absolute Gasteiger partial charge is 0.481 e. The quantitative estimate of drug-likeness (QED) is 0.465. The number of hydrogen-bond acceptors (Lipinski definition) is 6. The van der Waals surface area contributed by atoms with Gasteiger partial charge in [0.15, 0.2) is 0 Å². The van der Waals surface area contributed by atoms with E-state index < -0.39 is 11.4 Å². The molecular weight excluding hydrogens is 402 g/mol. The number of aromatic nitrogens is 1. The first-order valence-corrected chi connectivity index (χ1v) is 12.0. The Balaban J connectivity index is 1.85. The second-order valence-corrected chi connectivity index (χ2v) is 9.59. The Morgan fingerprint density at radius 3 is 2.70 bits per heavy atom. The van der Waals surface area contributed by atoms with E-state index in [0.29, 0.717) is 30.0 Å². The number of carbonyl (C=O) groups is 2. The number of nitrogens with one attached hydrogen (secondary N) is 2. The van der Waals surface area contributed by atoms with Crippen LogP contribution < -0.4 is 10.6 Å². The van der Waals surface area contributed by atoms with Crippen LogP contribution in [0.5, 0.6) is 0 Å². The van der Waals surface area contributed by atoms with Crippen LogP contribution in [0.2, 0.25) is 0 Å². The molecule has 1 saturated heterocycles. The lowest BCUT2D eigenvalue weighted by Crippen LogP contribution is -2.45. The number of aliphatic hydroxyl groups excluding tert-OH is 1. The Hall–Kier alpha value is -1.64. The number of carboxylic acids is 1. The van der Waals surface area contributed by atoms with Crippen LogP contribution in [0.1, 0.15) is 74.3 Å². The van der Waals surface area contributed by atoms with Gasteiger partial charge in [-0.3, -0.25) is 9.59 Å². The highest BCUT2D eigenvalue weighted by atomic mass is 32.2. The zero-order valence-corrected chi connectivity index (χ0v) is 18.5. The lowest BCUT2D eigenvalue weighted by molar-refractivity contribution is -0.138. The lowest BCUT2D eigenvalue weighted by atomic mass is 9.74. The normalized spacial score (nSPS) is 26.9. The fraction of sp³-hybridized carbons (Fsp3) is 0.682. The summed E-state index contributed by atoms with van der Waals surface area (Å²) in [6, 6.07) is 3.72. The minimum atomic E-state index is -0.829. The summed E-state index contributed by atoms with van der Waals surface area (Å²) in [5.41, 5.74) is 0.769. The zero-order valence-electron chi connectivity index (χ0n) is 17.7. The van der Waals surface area contributed by atoms with Crippen molar-refractivity contribution in [3.05, 3.63) is 23.4 Å². The monoisotopic (exact) mass is 435 g/mol. The maximum absolute atomic E-state index is 13.0. The Bertz CT molecular complexity index is 744. The van der Waals surface area contributed by atoms with E-state index in [1.165, 1.54) is 0 Å². The Kier molecular flexibility index (Phi) is 8.13. The van der Waals surface area contributed by atoms with Crippen molar-refractivity contribution in [2.45, 2.75) is 80.9 Å². The molecule has 7 nitrogen and oxygen atoms in total. The standard InChI is InChI=1S/C22H33N3O4S/c1-2-12-30-21-17(20(29)24-15-4-6-16(26)7-5-15)8-9-18(25-21)22(13-19(27)28)10-3-11-23-14-22/h8-9,15-16,23,26H,2-7,10-14H2,1H3,(H,24,29)(H,27,28)/t15?,16?,22-/m0/s1. The molecule has 4 N–H and O–H groups in total. The number of nitrogens with zero attached hydrogens (tertiary/aromatic N) is 1. The number of amides is 1. The van der Waals surface area contributed by atoms with Crippen LogP contribution in [-0.4, -0.2) is 58.1 Å². The minimum absolute atomic E-state index is 0.0286. The minimum Gasteiger partial charge on any atom is -0.481 e. The second-order valence-electron chi connectivity index (χ2n) is 8.51. The van der Waals surface area contributed by atoms with Crippen LogP contribution in [0.25, 0.3) is 0 Å². The summed E-state index contributed by atoms with van der Waals surface area (Å²) in [5.74, 6) is -0.121. The van der Waals surface area contributed by atoms with Gasteiger partial charge in [-0.15, -0.1) is 11.8 Å². The van der Waals surface area contributed by atoms with E-state index in [4.69, 9.17) is 4.98 Å². The van der Waals surface area contributed by atoms with E-state index in [2.05, 4.69) is 17.6 Å². The van der Waals surface area contributed by atoms with Crippen molar-refractivity contribution < 1.29 is 19.8 Å². The molecule has 166 valence electrons. The molecule has 2 aliphatic rings. The summed E-state index contributed by atoms with van der Waals surface area (Å²) in [4.78, 5) is 29.4. The first-order chi connectivity index (χ1) is 14.4. The third-order valence-electron chi connectivity index (χ3n) is 6.08. The van der Waals surface area contributed by atoms with Crippen molar-refractivity contribution in [3.63, 3.8) is 0 Å². The zero-order chi connectivity index (χ0) is 21.6. The Labute approximate surface area is 182 Å². The first kappa shape index (κ1) is 23.0. The van der Waals surface area contributed by atoms with Crippen LogP contribution in [0.3, 0.4) is 0 Å². The highest BCUT2D eigenvalue weighted by molar-refractivity contribution is 7.99. The smallest absolute Gasteiger partial charge is 0.304 e. The third kappa shape index (κ3) is 5.74. The highest BCUT2D eigenvalue weighted by Gasteiger charge is 2.38. The average Bonchev–Trinajstić information content (AvgIpc) is 2.74. The van der Waals surface area contributed by atoms with Crippen LogP contribution in [0, 0.1) is 0 Å². The van der Waals surface area contributed by atoms with Crippen LogP contribution >= 0.6 is 11.8 Å². The lowest BCUT2D eigenvalue weighted by Gasteiger charge is -2.36. The molecule has 0 spiro atoms. The van der Waals surface area contributed by atoms with E-state index in [1.54, 1.807) is 11.8 Å². The molecule has 2 heterocycles. The molecule has 2 fully saturated rings. The molecule has 1 amide bonds. The predicted octanol–water partition coefficient (Wildman–Crippen LogP) is 2.71. The Morgan fingerprint density at radius 1 is 1.30 bits per heavy atom. The van der Waals surface area contributed by atoms with Gasteiger partial charge in [0.1, 0.15) is 5.03 Å². The average molecular weight is 436 g/mol. The maximum Gasteiger partial charge on any atom is 0.304 e. The van der Waals surface area contributed by atoms with Gasteiger partial charge in [0, 0.05) is 23.7 Å². The van der Waals surface area contributed by atoms with E-state index >= 15 is 0 Å². The topological polar surface area (TPSA) is 112 Å². The van der Waals surface area contributed by atoms with Gasteiger partial charge in [-0.2, -0.15) is 0 Å². The van der Waals surface area contributed by atoms with E-state index in [0.717, 1.165) is 50.1 Å². The number of piperidine rings is 1. The summed E-state index contributed by atoms with van der Waals surface area (Å²) < 4.78 is 0. The van der Waals surface area contributed by atoms with Crippen molar-refractivity contribution >= 4 is 23.6 Å². The van der Waals surface area contributed by atoms with Gasteiger partial charge in [0.25, 0.3) is 5.91 Å². The fourth-order valence-electron chi connectivity index (χ4n) is 4.42. The molecule has 1 saturated carbocycles. The number of pyridine rings is 1. The van der Waals surface area contributed by atoms with Crippen molar-refractivity contribution in [3.8, 4) is 0 Å². The molecule has 3 rings (SSSR count). The molecule has 1 aromatic heterocycles. The van der Waals surface area contributed by atoms with Gasteiger partial charge >= 0.3 is 5.97 Å². The molecular formula is C22H33N3O4S. The van der Waals surface area contributed by atoms with E-state index in [9.17, 15) is 19.8 Å². The number of aliphatic hydroxyl groups is 1. The van der Waals surface area contributed by atoms with Crippen LogP contribution in [0.15, 0.2) is 17.2 Å². The fourth-order valence-corrected chi connectivity index (χ4v) is 5.29. The molecule has 0 unspecified atom stereocenters. The van der Waals surface area contributed by atoms with Gasteiger partial charge in [0.05, 0.1) is 18.1 Å². The Morgan fingerprint density at radius 2 is 2.07 bits per heavy atom. The number of thioether (sulfide) groups is 1. The summed E-state index contributed by atoms with van der Waals surface area (Å²) >= 11 is 1.55. The van der Waals surface area contributed by atoms with Gasteiger partial charge in [-0.05, 0) is 69.4 Å². The maximum atomic E-state index is 13.0. The molecule has 1 aromatic rings. The summed E-state index contributed by atoms with van der Waals surface area (Å²) in [6.45, 7) is 3.55. The summed E-state index contributed by atoms with van der Waals surface area (Å²) in [7, 11) is 0. The number of carboxylic acid groups (broad SMARTS) is 1. The van der Waals surface area contributed by atoms with Crippen molar-refractivity contribution in [1.29, 1.82) is 0 Å². The number of carbonyl (C=O) groups excluding carboxylic acids is 1. The van der Waals surface area contributed by atoms with Crippen molar-refractivity contribution in [1.82, 2.24) is 15.6 Å². The molecule has 1 atom stereocenters. The highest BCUT2D eigenvalue weighted by Crippen LogP contribution is 2.35. The van der Waals surface area contributed by atoms with Crippen LogP contribution in [-0.2, 0) is 10.2 Å². The second kappa shape index (κ2) is 10.6. The van der Waals surface area contributed by atoms with Crippen molar-refractivity contribution in [2.75, 3.05) is 18.8 Å². The van der Waals surface area contributed by atoms with Gasteiger partial charge < -0.3 is 20.8 Å².